The number of aromatic nitrogens is 1. The summed E-state index contributed by atoms with van der Waals surface area (Å²) in [5, 5.41) is 14.4. The van der Waals surface area contributed by atoms with Crippen LogP contribution in [0.15, 0.2) is 5.38 Å². The zero-order chi connectivity index (χ0) is 11.3. The Morgan fingerprint density at radius 1 is 1.67 bits per heavy atom. The number of thiazole rings is 1. The standard InChI is InChI=1S/C10H16N2O2S/c1-7(2)5-11-4-3-9-12-8(6-15-9)10(13)14/h6-7,11H,3-5H2,1-2H3,(H,13,14). The van der Waals surface area contributed by atoms with Gasteiger partial charge in [-0.3, -0.25) is 0 Å². The summed E-state index contributed by atoms with van der Waals surface area (Å²) in [5.74, 6) is -0.316. The van der Waals surface area contributed by atoms with E-state index in [1.807, 2.05) is 0 Å². The van der Waals surface area contributed by atoms with Crippen LogP contribution in [0.5, 0.6) is 0 Å². The van der Waals surface area contributed by atoms with Crippen LogP contribution in [0.25, 0.3) is 0 Å². The zero-order valence-corrected chi connectivity index (χ0v) is 9.80. The molecule has 1 heterocycles. The fourth-order valence-corrected chi connectivity index (χ4v) is 1.88. The molecule has 0 amide bonds. The van der Waals surface area contributed by atoms with E-state index in [1.54, 1.807) is 5.38 Å². The van der Waals surface area contributed by atoms with Gasteiger partial charge in [0.1, 0.15) is 0 Å². The molecule has 0 radical (unpaired) electrons. The predicted octanol–water partition coefficient (Wildman–Crippen LogP) is 1.63. The van der Waals surface area contributed by atoms with Gasteiger partial charge in [-0.1, -0.05) is 13.8 Å². The Balaban J connectivity index is 2.29. The normalized spacial score (nSPS) is 10.9. The van der Waals surface area contributed by atoms with E-state index in [-0.39, 0.29) is 5.69 Å². The average molecular weight is 228 g/mol. The summed E-state index contributed by atoms with van der Waals surface area (Å²) in [4.78, 5) is 14.6. The third-order valence-corrected chi connectivity index (χ3v) is 2.75. The first-order valence-corrected chi connectivity index (χ1v) is 5.86. The van der Waals surface area contributed by atoms with Gasteiger partial charge in [0.25, 0.3) is 0 Å². The van der Waals surface area contributed by atoms with Crippen molar-refractivity contribution in [1.82, 2.24) is 10.3 Å². The Hall–Kier alpha value is -0.940. The molecule has 2 N–H and O–H groups in total. The second-order valence-electron chi connectivity index (χ2n) is 3.78. The summed E-state index contributed by atoms with van der Waals surface area (Å²) >= 11 is 1.40. The van der Waals surface area contributed by atoms with Crippen LogP contribution < -0.4 is 5.32 Å². The van der Waals surface area contributed by atoms with Crippen LogP contribution in [0.1, 0.15) is 29.3 Å². The lowest BCUT2D eigenvalue weighted by atomic mass is 10.2. The molecule has 0 saturated heterocycles. The van der Waals surface area contributed by atoms with Gasteiger partial charge in [0.15, 0.2) is 5.69 Å². The number of nitrogens with one attached hydrogen (secondary N) is 1. The minimum Gasteiger partial charge on any atom is -0.476 e. The number of carboxylic acids is 1. The van der Waals surface area contributed by atoms with Crippen LogP contribution in [-0.2, 0) is 6.42 Å². The van der Waals surface area contributed by atoms with Crippen molar-refractivity contribution in [3.63, 3.8) is 0 Å². The second-order valence-corrected chi connectivity index (χ2v) is 4.72. The molecule has 0 spiro atoms. The number of nitrogens with zero attached hydrogens (tertiary/aromatic N) is 1. The molecule has 0 unspecified atom stereocenters. The van der Waals surface area contributed by atoms with Crippen LogP contribution in [-0.4, -0.2) is 29.1 Å². The SMILES string of the molecule is CC(C)CNCCc1nc(C(=O)O)cs1. The molecule has 0 saturated carbocycles. The number of carboxylic acid groups (broad SMARTS) is 1. The van der Waals surface area contributed by atoms with Crippen molar-refractivity contribution in [1.29, 1.82) is 0 Å². The van der Waals surface area contributed by atoms with Crippen molar-refractivity contribution < 1.29 is 9.90 Å². The van der Waals surface area contributed by atoms with Crippen LogP contribution in [0.4, 0.5) is 0 Å². The van der Waals surface area contributed by atoms with Crippen LogP contribution in [0, 0.1) is 5.92 Å². The quantitative estimate of drug-likeness (QED) is 0.726. The largest absolute Gasteiger partial charge is 0.476 e. The lowest BCUT2D eigenvalue weighted by Gasteiger charge is -2.05. The molecular weight excluding hydrogens is 212 g/mol. The summed E-state index contributed by atoms with van der Waals surface area (Å²) in [6, 6.07) is 0. The maximum Gasteiger partial charge on any atom is 0.355 e. The molecule has 84 valence electrons. The van der Waals surface area contributed by atoms with E-state index in [9.17, 15) is 4.79 Å². The lowest BCUT2D eigenvalue weighted by molar-refractivity contribution is 0.0691. The second kappa shape index (κ2) is 5.82. The summed E-state index contributed by atoms with van der Waals surface area (Å²) in [5.41, 5.74) is 0.152. The molecule has 15 heavy (non-hydrogen) atoms. The molecule has 0 atom stereocenters. The third-order valence-electron chi connectivity index (χ3n) is 1.84. The zero-order valence-electron chi connectivity index (χ0n) is 8.99. The smallest absolute Gasteiger partial charge is 0.355 e. The van der Waals surface area contributed by atoms with Gasteiger partial charge in [-0.2, -0.15) is 0 Å². The van der Waals surface area contributed by atoms with Gasteiger partial charge in [-0.25, -0.2) is 9.78 Å². The fourth-order valence-electron chi connectivity index (χ4n) is 1.11. The van der Waals surface area contributed by atoms with Gasteiger partial charge in [0.05, 0.1) is 5.01 Å². The molecule has 0 aliphatic carbocycles. The fraction of sp³-hybridized carbons (Fsp3) is 0.600. The molecule has 1 rings (SSSR count). The predicted molar refractivity (Wildman–Crippen MR) is 60.5 cm³/mol. The minimum absolute atomic E-state index is 0.152. The molecule has 0 aliphatic rings. The first-order chi connectivity index (χ1) is 7.09. The maximum absolute atomic E-state index is 10.6. The molecule has 5 heteroatoms. The van der Waals surface area contributed by atoms with Crippen molar-refractivity contribution in [2.75, 3.05) is 13.1 Å². The molecule has 1 aromatic heterocycles. The van der Waals surface area contributed by atoms with Gasteiger partial charge >= 0.3 is 5.97 Å². The van der Waals surface area contributed by atoms with E-state index in [2.05, 4.69) is 24.1 Å². The number of aromatic carboxylic acids is 1. The van der Waals surface area contributed by atoms with Gasteiger partial charge in [-0.05, 0) is 12.5 Å². The molecule has 0 aromatic carbocycles. The van der Waals surface area contributed by atoms with Crippen molar-refractivity contribution in [3.8, 4) is 0 Å². The number of rotatable bonds is 6. The highest BCUT2D eigenvalue weighted by Gasteiger charge is 2.07. The number of hydrogen-bond acceptors (Lipinski definition) is 4. The van der Waals surface area contributed by atoms with E-state index in [0.717, 1.165) is 24.5 Å². The van der Waals surface area contributed by atoms with Crippen LogP contribution in [0.3, 0.4) is 0 Å². The Morgan fingerprint density at radius 2 is 2.40 bits per heavy atom. The van der Waals surface area contributed by atoms with Crippen molar-refractivity contribution in [3.05, 3.63) is 16.1 Å². The molecule has 0 bridgehead atoms. The van der Waals surface area contributed by atoms with Gasteiger partial charge in [0.2, 0.25) is 0 Å². The Morgan fingerprint density at radius 3 is 2.93 bits per heavy atom. The molecule has 4 nitrogen and oxygen atoms in total. The topological polar surface area (TPSA) is 62.2 Å². The van der Waals surface area contributed by atoms with E-state index in [1.165, 1.54) is 11.3 Å². The number of hydrogen-bond donors (Lipinski definition) is 2. The van der Waals surface area contributed by atoms with Gasteiger partial charge < -0.3 is 10.4 Å². The van der Waals surface area contributed by atoms with Gasteiger partial charge in [0, 0.05) is 18.3 Å². The first-order valence-electron chi connectivity index (χ1n) is 4.98. The summed E-state index contributed by atoms with van der Waals surface area (Å²) in [7, 11) is 0. The Bertz CT molecular complexity index is 323. The van der Waals surface area contributed by atoms with E-state index in [4.69, 9.17) is 5.11 Å². The van der Waals surface area contributed by atoms with Gasteiger partial charge in [-0.15, -0.1) is 11.3 Å². The summed E-state index contributed by atoms with van der Waals surface area (Å²) in [6.07, 6.45) is 0.796. The monoisotopic (exact) mass is 228 g/mol. The third kappa shape index (κ3) is 4.40. The minimum atomic E-state index is -0.951. The Kier molecular flexibility index (Phi) is 4.71. The van der Waals surface area contributed by atoms with Crippen molar-refractivity contribution in [2.24, 2.45) is 5.92 Å². The first kappa shape index (κ1) is 12.1. The molecule has 1 aromatic rings. The highest BCUT2D eigenvalue weighted by Crippen LogP contribution is 2.09. The average Bonchev–Trinajstić information content (AvgIpc) is 2.60. The lowest BCUT2D eigenvalue weighted by Crippen LogP contribution is -2.22. The van der Waals surface area contributed by atoms with E-state index in [0.29, 0.717) is 5.92 Å². The van der Waals surface area contributed by atoms with Crippen LogP contribution in [0.2, 0.25) is 0 Å². The van der Waals surface area contributed by atoms with E-state index >= 15 is 0 Å². The summed E-state index contributed by atoms with van der Waals surface area (Å²) in [6.45, 7) is 6.14. The van der Waals surface area contributed by atoms with Crippen LogP contribution >= 0.6 is 11.3 Å². The van der Waals surface area contributed by atoms with Crippen molar-refractivity contribution in [2.45, 2.75) is 20.3 Å². The molecular formula is C10H16N2O2S. The maximum atomic E-state index is 10.6. The molecule has 0 fully saturated rings. The highest BCUT2D eigenvalue weighted by molar-refractivity contribution is 7.09. The molecule has 0 aliphatic heterocycles. The van der Waals surface area contributed by atoms with E-state index < -0.39 is 5.97 Å². The summed E-state index contributed by atoms with van der Waals surface area (Å²) < 4.78 is 0. The van der Waals surface area contributed by atoms with Crippen molar-refractivity contribution >= 4 is 17.3 Å². The Labute approximate surface area is 93.4 Å². The highest BCUT2D eigenvalue weighted by atomic mass is 32.1. The number of carbonyl (C=O) groups is 1.